The van der Waals surface area contributed by atoms with Gasteiger partial charge in [0, 0.05) is 11.8 Å². The van der Waals surface area contributed by atoms with Crippen molar-refractivity contribution >= 4 is 24.3 Å². The lowest BCUT2D eigenvalue weighted by atomic mass is 10.2. The first-order valence-corrected chi connectivity index (χ1v) is 7.02. The van der Waals surface area contributed by atoms with Gasteiger partial charge in [-0.2, -0.15) is 13.9 Å². The minimum absolute atomic E-state index is 0.0238. The second-order valence-electron chi connectivity index (χ2n) is 4.53. The second-order valence-corrected chi connectivity index (χ2v) is 4.94. The third-order valence-electron chi connectivity index (χ3n) is 2.68. The van der Waals surface area contributed by atoms with E-state index in [9.17, 15) is 18.4 Å². The lowest BCUT2D eigenvalue weighted by Crippen LogP contribution is -2.21. The third-order valence-corrected chi connectivity index (χ3v) is 2.88. The summed E-state index contributed by atoms with van der Waals surface area (Å²) < 4.78 is 28.4. The molecule has 126 valence electrons. The van der Waals surface area contributed by atoms with Crippen LogP contribution in [-0.2, 0) is 11.2 Å². The zero-order valence-corrected chi connectivity index (χ0v) is 12.9. The number of amides is 1. The molecule has 0 aliphatic carbocycles. The van der Waals surface area contributed by atoms with Crippen molar-refractivity contribution < 1.29 is 18.3 Å². The molecule has 0 radical (unpaired) electrons. The normalized spacial score (nSPS) is 11.0. The van der Waals surface area contributed by atoms with Gasteiger partial charge >= 0.3 is 6.61 Å². The molecule has 0 bridgehead atoms. The van der Waals surface area contributed by atoms with Gasteiger partial charge in [-0.25, -0.2) is 5.43 Å². The molecule has 1 aromatic heterocycles. The van der Waals surface area contributed by atoms with Crippen LogP contribution in [0.4, 0.5) is 8.78 Å². The minimum atomic E-state index is -2.89. The number of hydrazone groups is 1. The monoisotopic (exact) mass is 354 g/mol. The molecular formula is C14H12F2N4O3S. The smallest absolute Gasteiger partial charge is 0.387 e. The molecule has 1 aromatic carbocycles. The van der Waals surface area contributed by atoms with Crippen LogP contribution in [0.5, 0.6) is 5.75 Å². The van der Waals surface area contributed by atoms with Crippen LogP contribution in [0.3, 0.4) is 0 Å². The van der Waals surface area contributed by atoms with Gasteiger partial charge in [0.15, 0.2) is 4.77 Å². The molecule has 1 heterocycles. The van der Waals surface area contributed by atoms with Crippen LogP contribution >= 0.6 is 12.2 Å². The summed E-state index contributed by atoms with van der Waals surface area (Å²) in [6, 6.07) is 6.93. The number of hydrogen-bond donors (Lipinski definition) is 3. The zero-order chi connectivity index (χ0) is 17.5. The molecule has 1 amide bonds. The summed E-state index contributed by atoms with van der Waals surface area (Å²) in [6.45, 7) is -2.89. The molecule has 0 saturated carbocycles. The fraction of sp³-hybridized carbons (Fsp3) is 0.143. The largest absolute Gasteiger partial charge is 0.435 e. The highest BCUT2D eigenvalue weighted by Gasteiger charge is 2.04. The van der Waals surface area contributed by atoms with E-state index in [1.165, 1.54) is 36.5 Å². The van der Waals surface area contributed by atoms with Gasteiger partial charge in [-0.1, -0.05) is 0 Å². The first-order valence-electron chi connectivity index (χ1n) is 6.61. The molecule has 0 aliphatic rings. The number of halogens is 2. The Labute approximate surface area is 139 Å². The number of nitrogens with zero attached hydrogens (tertiary/aromatic N) is 1. The summed E-state index contributed by atoms with van der Waals surface area (Å²) in [4.78, 5) is 28.0. The Hall–Kier alpha value is -2.88. The van der Waals surface area contributed by atoms with E-state index >= 15 is 0 Å². The van der Waals surface area contributed by atoms with E-state index in [1.54, 1.807) is 0 Å². The number of H-pyrrole nitrogens is 2. The number of hydrogen-bond acceptors (Lipinski definition) is 5. The highest BCUT2D eigenvalue weighted by atomic mass is 32.1. The molecule has 0 fully saturated rings. The van der Waals surface area contributed by atoms with Gasteiger partial charge in [0.2, 0.25) is 5.91 Å². The van der Waals surface area contributed by atoms with Crippen molar-refractivity contribution in [3.8, 4) is 5.75 Å². The Morgan fingerprint density at radius 3 is 2.67 bits per heavy atom. The number of rotatable bonds is 6. The van der Waals surface area contributed by atoms with Crippen LogP contribution in [0, 0.1) is 4.77 Å². The first-order chi connectivity index (χ1) is 11.4. The molecule has 10 heteroatoms. The van der Waals surface area contributed by atoms with E-state index < -0.39 is 18.1 Å². The lowest BCUT2D eigenvalue weighted by molar-refractivity contribution is -0.120. The molecule has 0 atom stereocenters. The predicted octanol–water partition coefficient (Wildman–Crippen LogP) is 1.73. The van der Waals surface area contributed by atoms with Crippen LogP contribution in [0.15, 0.2) is 40.2 Å². The van der Waals surface area contributed by atoms with Gasteiger partial charge in [-0.3, -0.25) is 14.6 Å². The molecule has 0 saturated heterocycles. The standard InChI is InChI=1S/C14H12F2N4O3S/c15-13(16)23-10-3-1-8(2-4-10)7-17-20-12(22)6-9-5-11(21)19-14(24)18-9/h1-5,7,13H,6H2,(H,20,22)(H2,18,19,21,24)/b17-7-. The summed E-state index contributed by atoms with van der Waals surface area (Å²) >= 11 is 4.80. The Balaban J connectivity index is 1.90. The Morgan fingerprint density at radius 2 is 2.04 bits per heavy atom. The Bertz CT molecular complexity index is 818. The van der Waals surface area contributed by atoms with Crippen molar-refractivity contribution in [2.24, 2.45) is 5.10 Å². The lowest BCUT2D eigenvalue weighted by Gasteiger charge is -2.03. The number of alkyl halides is 2. The molecule has 2 aromatic rings. The molecular weight excluding hydrogens is 342 g/mol. The van der Waals surface area contributed by atoms with Gasteiger partial charge < -0.3 is 9.72 Å². The van der Waals surface area contributed by atoms with Gasteiger partial charge in [-0.15, -0.1) is 0 Å². The van der Waals surface area contributed by atoms with E-state index in [4.69, 9.17) is 12.2 Å². The van der Waals surface area contributed by atoms with Crippen molar-refractivity contribution in [3.63, 3.8) is 0 Å². The van der Waals surface area contributed by atoms with Crippen molar-refractivity contribution in [1.29, 1.82) is 0 Å². The fourth-order valence-corrected chi connectivity index (χ4v) is 1.97. The van der Waals surface area contributed by atoms with E-state index in [2.05, 4.69) is 25.2 Å². The summed E-state index contributed by atoms with van der Waals surface area (Å²) in [5.74, 6) is -0.434. The maximum absolute atomic E-state index is 12.0. The highest BCUT2D eigenvalue weighted by molar-refractivity contribution is 7.71. The number of nitrogens with one attached hydrogen (secondary N) is 3. The summed E-state index contributed by atoms with van der Waals surface area (Å²) in [6.07, 6.45) is 1.23. The van der Waals surface area contributed by atoms with Crippen molar-refractivity contribution in [3.05, 3.63) is 56.7 Å². The quantitative estimate of drug-likeness (QED) is 0.418. The Kier molecular flexibility index (Phi) is 5.90. The minimum Gasteiger partial charge on any atom is -0.435 e. The molecule has 0 spiro atoms. The predicted molar refractivity (Wildman–Crippen MR) is 84.8 cm³/mol. The van der Waals surface area contributed by atoms with Crippen LogP contribution in [0.2, 0.25) is 0 Å². The maximum atomic E-state index is 12.0. The number of aromatic amines is 2. The summed E-state index contributed by atoms with van der Waals surface area (Å²) in [5.41, 5.74) is 2.80. The number of carbonyl (C=O) groups is 1. The SMILES string of the molecule is O=C(Cc1cc(=O)[nH]c(=S)[nH]1)N/N=C\c1ccc(OC(F)F)cc1. The maximum Gasteiger partial charge on any atom is 0.387 e. The van der Waals surface area contributed by atoms with Crippen LogP contribution in [0.1, 0.15) is 11.3 Å². The van der Waals surface area contributed by atoms with Gasteiger partial charge in [0.1, 0.15) is 5.75 Å². The van der Waals surface area contributed by atoms with Crippen molar-refractivity contribution in [2.75, 3.05) is 0 Å². The second kappa shape index (κ2) is 8.11. The summed E-state index contributed by atoms with van der Waals surface area (Å²) in [7, 11) is 0. The van der Waals surface area contributed by atoms with Crippen LogP contribution in [0.25, 0.3) is 0 Å². The van der Waals surface area contributed by atoms with E-state index in [0.29, 0.717) is 11.3 Å². The molecule has 3 N–H and O–H groups in total. The average molecular weight is 354 g/mol. The van der Waals surface area contributed by atoms with E-state index in [1.807, 2.05) is 0 Å². The molecule has 2 rings (SSSR count). The first kappa shape index (κ1) is 17.5. The topological polar surface area (TPSA) is 99.3 Å². The van der Waals surface area contributed by atoms with Gasteiger partial charge in [0.05, 0.1) is 12.6 Å². The summed E-state index contributed by atoms with van der Waals surface area (Å²) in [5, 5.41) is 3.73. The number of ether oxygens (including phenoxy) is 1. The van der Waals surface area contributed by atoms with Crippen molar-refractivity contribution in [1.82, 2.24) is 15.4 Å². The Morgan fingerprint density at radius 1 is 1.33 bits per heavy atom. The zero-order valence-electron chi connectivity index (χ0n) is 12.1. The molecule has 24 heavy (non-hydrogen) atoms. The number of carbonyl (C=O) groups excluding carboxylic acids is 1. The highest BCUT2D eigenvalue weighted by Crippen LogP contribution is 2.13. The van der Waals surface area contributed by atoms with E-state index in [-0.39, 0.29) is 16.9 Å². The van der Waals surface area contributed by atoms with Gasteiger partial charge in [0.25, 0.3) is 5.56 Å². The number of benzene rings is 1. The van der Waals surface area contributed by atoms with Gasteiger partial charge in [-0.05, 0) is 42.0 Å². The third kappa shape index (κ3) is 5.72. The molecule has 0 aliphatic heterocycles. The van der Waals surface area contributed by atoms with E-state index in [0.717, 1.165) is 0 Å². The van der Waals surface area contributed by atoms with Crippen LogP contribution < -0.4 is 15.7 Å². The van der Waals surface area contributed by atoms with Crippen molar-refractivity contribution in [2.45, 2.75) is 13.0 Å². The molecule has 7 nitrogen and oxygen atoms in total. The van der Waals surface area contributed by atoms with Crippen LogP contribution in [-0.4, -0.2) is 28.7 Å². The average Bonchev–Trinajstić information content (AvgIpc) is 2.47. The molecule has 0 unspecified atom stereocenters. The fourth-order valence-electron chi connectivity index (χ4n) is 1.74. The number of aromatic nitrogens is 2.